The molecule has 1 N–H and O–H groups in total. The molecule has 2 aromatic rings. The molecule has 1 atom stereocenters. The summed E-state index contributed by atoms with van der Waals surface area (Å²) in [5.41, 5.74) is 2.34. The van der Waals surface area contributed by atoms with Crippen molar-refractivity contribution in [3.05, 3.63) is 29.8 Å². The van der Waals surface area contributed by atoms with E-state index in [1.165, 1.54) is 18.5 Å². The molecule has 0 spiro atoms. The third-order valence-corrected chi connectivity index (χ3v) is 3.38. The molecule has 1 unspecified atom stereocenters. The van der Waals surface area contributed by atoms with Crippen LogP contribution in [0.4, 0.5) is 0 Å². The fourth-order valence-corrected chi connectivity index (χ4v) is 2.55. The lowest BCUT2D eigenvalue weighted by molar-refractivity contribution is 0.541. The van der Waals surface area contributed by atoms with E-state index in [1.807, 2.05) is 37.0 Å². The van der Waals surface area contributed by atoms with Crippen molar-refractivity contribution >= 4 is 0 Å². The lowest BCUT2D eigenvalue weighted by Crippen LogP contribution is -2.17. The van der Waals surface area contributed by atoms with Gasteiger partial charge in [-0.15, -0.1) is 0 Å². The first kappa shape index (κ1) is 10.6. The van der Waals surface area contributed by atoms with E-state index >= 15 is 0 Å². The highest BCUT2D eigenvalue weighted by Crippen LogP contribution is 2.32. The van der Waals surface area contributed by atoms with Crippen molar-refractivity contribution in [1.29, 1.82) is 0 Å². The van der Waals surface area contributed by atoms with Crippen LogP contribution in [0.5, 0.6) is 0 Å². The van der Waals surface area contributed by atoms with Crippen LogP contribution in [0, 0.1) is 6.92 Å². The number of nitrogens with one attached hydrogen (secondary N) is 1. The monoisotopic (exact) mass is 231 g/mol. The van der Waals surface area contributed by atoms with Gasteiger partial charge in [0.15, 0.2) is 0 Å². The van der Waals surface area contributed by atoms with Gasteiger partial charge in [-0.2, -0.15) is 5.10 Å². The summed E-state index contributed by atoms with van der Waals surface area (Å²) in [6.07, 6.45) is 4.30. The van der Waals surface area contributed by atoms with Crippen LogP contribution in [-0.2, 0) is 7.05 Å². The molecule has 1 saturated heterocycles. The Morgan fingerprint density at radius 1 is 1.47 bits per heavy atom. The SMILES string of the molecule is Cc1ccc(-c2cnn(C)c2C2CCCN2)o1. The van der Waals surface area contributed by atoms with Crippen LogP contribution in [0.3, 0.4) is 0 Å². The maximum absolute atomic E-state index is 5.70. The van der Waals surface area contributed by atoms with Crippen LogP contribution in [-0.4, -0.2) is 16.3 Å². The quantitative estimate of drug-likeness (QED) is 0.863. The van der Waals surface area contributed by atoms with E-state index in [9.17, 15) is 0 Å². The van der Waals surface area contributed by atoms with Crippen LogP contribution in [0.1, 0.15) is 30.3 Å². The van der Waals surface area contributed by atoms with Crippen LogP contribution < -0.4 is 5.32 Å². The van der Waals surface area contributed by atoms with E-state index in [2.05, 4.69) is 10.4 Å². The summed E-state index contributed by atoms with van der Waals surface area (Å²) in [7, 11) is 1.99. The maximum Gasteiger partial charge on any atom is 0.137 e. The van der Waals surface area contributed by atoms with E-state index in [4.69, 9.17) is 4.42 Å². The molecule has 3 heterocycles. The number of furan rings is 1. The van der Waals surface area contributed by atoms with Gasteiger partial charge in [0, 0.05) is 13.1 Å². The molecule has 4 heteroatoms. The van der Waals surface area contributed by atoms with E-state index in [0.717, 1.165) is 23.6 Å². The molecule has 3 rings (SSSR count). The first-order chi connectivity index (χ1) is 8.25. The highest BCUT2D eigenvalue weighted by Gasteiger charge is 2.24. The summed E-state index contributed by atoms with van der Waals surface area (Å²) < 4.78 is 7.66. The first-order valence-corrected chi connectivity index (χ1v) is 6.08. The first-order valence-electron chi connectivity index (χ1n) is 6.08. The molecule has 1 aliphatic heterocycles. The van der Waals surface area contributed by atoms with E-state index in [-0.39, 0.29) is 0 Å². The van der Waals surface area contributed by atoms with Crippen LogP contribution in [0.25, 0.3) is 11.3 Å². The summed E-state index contributed by atoms with van der Waals surface area (Å²) >= 11 is 0. The lowest BCUT2D eigenvalue weighted by Gasteiger charge is -2.12. The number of aryl methyl sites for hydroxylation is 2. The molecule has 17 heavy (non-hydrogen) atoms. The molecule has 0 aromatic carbocycles. The average molecular weight is 231 g/mol. The number of hydrogen-bond acceptors (Lipinski definition) is 3. The fraction of sp³-hybridized carbons (Fsp3) is 0.462. The highest BCUT2D eigenvalue weighted by molar-refractivity contribution is 5.60. The molecule has 4 nitrogen and oxygen atoms in total. The Balaban J connectivity index is 2.05. The molecular formula is C13H17N3O. The lowest BCUT2D eigenvalue weighted by atomic mass is 10.1. The summed E-state index contributed by atoms with van der Waals surface area (Å²) in [5.74, 6) is 1.86. The Labute approximate surface area is 101 Å². The molecule has 0 aliphatic carbocycles. The highest BCUT2D eigenvalue weighted by atomic mass is 16.3. The van der Waals surface area contributed by atoms with Gasteiger partial charge in [0.25, 0.3) is 0 Å². The van der Waals surface area contributed by atoms with Gasteiger partial charge in [0.2, 0.25) is 0 Å². The van der Waals surface area contributed by atoms with Gasteiger partial charge in [-0.1, -0.05) is 0 Å². The van der Waals surface area contributed by atoms with Crippen molar-refractivity contribution in [3.8, 4) is 11.3 Å². The minimum atomic E-state index is 0.405. The molecule has 90 valence electrons. The maximum atomic E-state index is 5.70. The van der Waals surface area contributed by atoms with Gasteiger partial charge >= 0.3 is 0 Å². The zero-order chi connectivity index (χ0) is 11.8. The van der Waals surface area contributed by atoms with Gasteiger partial charge in [-0.05, 0) is 38.4 Å². The third-order valence-electron chi connectivity index (χ3n) is 3.38. The van der Waals surface area contributed by atoms with Gasteiger partial charge < -0.3 is 9.73 Å². The molecule has 0 radical (unpaired) electrons. The summed E-state index contributed by atoms with van der Waals surface area (Å²) in [5, 5.41) is 7.88. The molecular weight excluding hydrogens is 214 g/mol. The third kappa shape index (κ3) is 1.78. The van der Waals surface area contributed by atoms with Gasteiger partial charge in [0.1, 0.15) is 11.5 Å². The second-order valence-electron chi connectivity index (χ2n) is 4.63. The normalized spacial score (nSPS) is 20.0. The second kappa shape index (κ2) is 4.04. The zero-order valence-electron chi connectivity index (χ0n) is 10.2. The average Bonchev–Trinajstić information content (AvgIpc) is 2.97. The van der Waals surface area contributed by atoms with E-state index in [0.29, 0.717) is 6.04 Å². The Morgan fingerprint density at radius 3 is 3.00 bits per heavy atom. The fourth-order valence-electron chi connectivity index (χ4n) is 2.55. The number of aromatic nitrogens is 2. The van der Waals surface area contributed by atoms with Crippen molar-refractivity contribution in [3.63, 3.8) is 0 Å². The number of rotatable bonds is 2. The Kier molecular flexibility index (Phi) is 2.52. The largest absolute Gasteiger partial charge is 0.461 e. The molecule has 0 bridgehead atoms. The minimum absolute atomic E-state index is 0.405. The number of nitrogens with zero attached hydrogens (tertiary/aromatic N) is 2. The molecule has 0 saturated carbocycles. The molecule has 0 amide bonds. The van der Waals surface area contributed by atoms with Crippen molar-refractivity contribution in [2.24, 2.45) is 7.05 Å². The smallest absolute Gasteiger partial charge is 0.137 e. The van der Waals surface area contributed by atoms with Crippen molar-refractivity contribution in [2.45, 2.75) is 25.8 Å². The van der Waals surface area contributed by atoms with E-state index < -0.39 is 0 Å². The Bertz CT molecular complexity index is 521. The standard InChI is InChI=1S/C13H17N3O/c1-9-5-6-12(17-9)10-8-15-16(2)13(10)11-4-3-7-14-11/h5-6,8,11,14H,3-4,7H2,1-2H3. The van der Waals surface area contributed by atoms with Gasteiger partial charge in [-0.3, -0.25) is 4.68 Å². The summed E-state index contributed by atoms with van der Waals surface area (Å²) in [6, 6.07) is 4.42. The molecule has 1 fully saturated rings. The summed E-state index contributed by atoms with van der Waals surface area (Å²) in [6.45, 7) is 3.06. The van der Waals surface area contributed by atoms with Crippen molar-refractivity contribution in [2.75, 3.05) is 6.54 Å². The van der Waals surface area contributed by atoms with E-state index in [1.54, 1.807) is 0 Å². The molecule has 1 aliphatic rings. The van der Waals surface area contributed by atoms with Gasteiger partial charge in [-0.25, -0.2) is 0 Å². The van der Waals surface area contributed by atoms with Crippen LogP contribution >= 0.6 is 0 Å². The second-order valence-corrected chi connectivity index (χ2v) is 4.63. The Hall–Kier alpha value is -1.55. The van der Waals surface area contributed by atoms with Crippen molar-refractivity contribution < 1.29 is 4.42 Å². The summed E-state index contributed by atoms with van der Waals surface area (Å²) in [4.78, 5) is 0. The van der Waals surface area contributed by atoms with Crippen LogP contribution in [0.15, 0.2) is 22.7 Å². The zero-order valence-corrected chi connectivity index (χ0v) is 10.2. The Morgan fingerprint density at radius 2 is 2.35 bits per heavy atom. The molecule has 2 aromatic heterocycles. The van der Waals surface area contributed by atoms with Crippen molar-refractivity contribution in [1.82, 2.24) is 15.1 Å². The topological polar surface area (TPSA) is 43.0 Å². The van der Waals surface area contributed by atoms with Gasteiger partial charge in [0.05, 0.1) is 17.5 Å². The van der Waals surface area contributed by atoms with Crippen LogP contribution in [0.2, 0.25) is 0 Å². The predicted octanol–water partition coefficient (Wildman–Crippen LogP) is 2.41. The predicted molar refractivity (Wildman–Crippen MR) is 65.6 cm³/mol. The minimum Gasteiger partial charge on any atom is -0.461 e. The number of hydrogen-bond donors (Lipinski definition) is 1.